The second kappa shape index (κ2) is 7.08. The van der Waals surface area contributed by atoms with Crippen LogP contribution in [0.2, 0.25) is 0 Å². The Morgan fingerprint density at radius 2 is 1.78 bits per heavy atom. The van der Waals surface area contributed by atoms with E-state index >= 15 is 0 Å². The minimum Gasteiger partial charge on any atom is -0.496 e. The van der Waals surface area contributed by atoms with Crippen LogP contribution in [0.1, 0.15) is 22.4 Å². The summed E-state index contributed by atoms with van der Waals surface area (Å²) in [6.07, 6.45) is 1.58. The third kappa shape index (κ3) is 3.83. The monoisotopic (exact) mass is 387 g/mol. The zero-order chi connectivity index (χ0) is 19.8. The minimum absolute atomic E-state index is 0.0843. The van der Waals surface area contributed by atoms with E-state index in [2.05, 4.69) is 4.98 Å². The molecule has 0 saturated carbocycles. The number of H-pyrrole nitrogens is 1. The van der Waals surface area contributed by atoms with E-state index in [0.29, 0.717) is 12.2 Å². The maximum atomic E-state index is 11.6. The Bertz CT molecular complexity index is 1110. The van der Waals surface area contributed by atoms with Crippen molar-refractivity contribution in [3.05, 3.63) is 58.8 Å². The summed E-state index contributed by atoms with van der Waals surface area (Å²) in [4.78, 5) is 14.8. The van der Waals surface area contributed by atoms with Crippen LogP contribution in [0.5, 0.6) is 5.75 Å². The largest absolute Gasteiger partial charge is 0.496 e. The van der Waals surface area contributed by atoms with Crippen LogP contribution < -0.4 is 4.74 Å². The second-order valence-corrected chi connectivity index (χ2v) is 8.58. The van der Waals surface area contributed by atoms with Crippen molar-refractivity contribution in [1.29, 1.82) is 0 Å². The highest BCUT2D eigenvalue weighted by molar-refractivity contribution is 7.90. The highest BCUT2D eigenvalue weighted by Gasteiger charge is 2.18. The number of nitrogens with one attached hydrogen (secondary N) is 1. The van der Waals surface area contributed by atoms with E-state index < -0.39 is 15.8 Å². The molecular formula is C20H21NO5S. The first-order valence-electron chi connectivity index (χ1n) is 8.38. The smallest absolute Gasteiger partial charge is 0.307 e. The minimum atomic E-state index is -3.25. The molecule has 0 aliphatic carbocycles. The summed E-state index contributed by atoms with van der Waals surface area (Å²) in [7, 11) is -1.67. The molecule has 3 aromatic rings. The number of aryl methyl sites for hydroxylation is 1. The lowest BCUT2D eigenvalue weighted by molar-refractivity contribution is -0.136. The summed E-state index contributed by atoms with van der Waals surface area (Å²) in [6.45, 7) is 1.86. The lowest BCUT2D eigenvalue weighted by Crippen LogP contribution is -2.03. The van der Waals surface area contributed by atoms with Gasteiger partial charge in [0.15, 0.2) is 9.84 Å². The fourth-order valence-corrected chi connectivity index (χ4v) is 3.97. The predicted molar refractivity (Wildman–Crippen MR) is 103 cm³/mol. The van der Waals surface area contributed by atoms with Crippen molar-refractivity contribution in [3.8, 4) is 5.75 Å². The first kappa shape index (κ1) is 19.0. The zero-order valence-corrected chi connectivity index (χ0v) is 16.2. The number of carbonyl (C=O) groups is 1. The van der Waals surface area contributed by atoms with Gasteiger partial charge in [-0.25, -0.2) is 8.42 Å². The molecule has 0 aliphatic heterocycles. The molecule has 0 fully saturated rings. The van der Waals surface area contributed by atoms with E-state index in [1.165, 1.54) is 6.26 Å². The van der Waals surface area contributed by atoms with Crippen LogP contribution in [0.3, 0.4) is 0 Å². The first-order valence-corrected chi connectivity index (χ1v) is 10.3. The fraction of sp³-hybridized carbons (Fsp3) is 0.250. The van der Waals surface area contributed by atoms with Gasteiger partial charge in [0.2, 0.25) is 0 Å². The molecule has 0 saturated heterocycles. The Kier molecular flexibility index (Phi) is 4.97. The molecule has 2 N–H and O–H groups in total. The number of fused-ring (bicyclic) bond motifs is 1. The van der Waals surface area contributed by atoms with Crippen LogP contribution in [0.25, 0.3) is 10.9 Å². The van der Waals surface area contributed by atoms with Crippen molar-refractivity contribution < 1.29 is 23.1 Å². The van der Waals surface area contributed by atoms with E-state index in [1.807, 2.05) is 19.1 Å². The first-order chi connectivity index (χ1) is 12.7. The SMILES string of the molecule is COc1ccc2[nH]c(C)c(CC(=O)O)c2c1Cc1ccc(S(C)(=O)=O)cc1. The molecule has 27 heavy (non-hydrogen) atoms. The van der Waals surface area contributed by atoms with Crippen molar-refractivity contribution in [2.45, 2.75) is 24.7 Å². The number of carboxylic acid groups (broad SMARTS) is 1. The molecule has 142 valence electrons. The number of hydrogen-bond acceptors (Lipinski definition) is 4. The van der Waals surface area contributed by atoms with Crippen LogP contribution in [0.15, 0.2) is 41.3 Å². The van der Waals surface area contributed by atoms with Gasteiger partial charge in [0.05, 0.1) is 18.4 Å². The van der Waals surface area contributed by atoms with Crippen molar-refractivity contribution in [1.82, 2.24) is 4.98 Å². The third-order valence-corrected chi connectivity index (χ3v) is 5.76. The second-order valence-electron chi connectivity index (χ2n) is 6.56. The van der Waals surface area contributed by atoms with Gasteiger partial charge in [-0.1, -0.05) is 12.1 Å². The number of benzene rings is 2. The molecule has 0 aliphatic rings. The number of ether oxygens (including phenoxy) is 1. The van der Waals surface area contributed by atoms with Gasteiger partial charge in [-0.15, -0.1) is 0 Å². The van der Waals surface area contributed by atoms with Gasteiger partial charge in [-0.2, -0.15) is 0 Å². The summed E-state index contributed by atoms with van der Waals surface area (Å²) in [5.74, 6) is -0.231. The standard InChI is InChI=1S/C20H21NO5S/c1-12-15(11-19(22)23)20-16(18(26-2)9-8-17(20)21-12)10-13-4-6-14(7-5-13)27(3,24)25/h4-9,21H,10-11H2,1-3H3,(H,22,23). The molecule has 3 rings (SSSR count). The van der Waals surface area contributed by atoms with Gasteiger partial charge in [-0.05, 0) is 42.3 Å². The molecule has 0 amide bonds. The summed E-state index contributed by atoms with van der Waals surface area (Å²) in [5, 5.41) is 10.1. The Labute approximate surface area is 157 Å². The van der Waals surface area contributed by atoms with Crippen molar-refractivity contribution >= 4 is 26.7 Å². The number of hydrogen-bond donors (Lipinski definition) is 2. The van der Waals surface area contributed by atoms with Crippen molar-refractivity contribution in [3.63, 3.8) is 0 Å². The van der Waals surface area contributed by atoms with Crippen LogP contribution in [-0.2, 0) is 27.5 Å². The Balaban J connectivity index is 2.13. The molecular weight excluding hydrogens is 366 g/mol. The average Bonchev–Trinajstić information content (AvgIpc) is 2.90. The number of aromatic nitrogens is 1. The molecule has 1 aromatic heterocycles. The van der Waals surface area contributed by atoms with Gasteiger partial charge < -0.3 is 14.8 Å². The van der Waals surface area contributed by atoms with E-state index in [1.54, 1.807) is 31.4 Å². The fourth-order valence-electron chi connectivity index (χ4n) is 3.34. The zero-order valence-electron chi connectivity index (χ0n) is 15.4. The molecule has 0 radical (unpaired) electrons. The van der Waals surface area contributed by atoms with E-state index in [9.17, 15) is 18.3 Å². The number of aromatic amines is 1. The Morgan fingerprint density at radius 1 is 1.11 bits per heavy atom. The molecule has 0 spiro atoms. The van der Waals surface area contributed by atoms with Crippen LogP contribution in [-0.4, -0.2) is 37.8 Å². The number of aliphatic carboxylic acids is 1. The maximum absolute atomic E-state index is 11.6. The van der Waals surface area contributed by atoms with E-state index in [-0.39, 0.29) is 11.3 Å². The maximum Gasteiger partial charge on any atom is 0.307 e. The topological polar surface area (TPSA) is 96.5 Å². The molecule has 7 heteroatoms. The Morgan fingerprint density at radius 3 is 2.33 bits per heavy atom. The van der Waals surface area contributed by atoms with Gasteiger partial charge in [0, 0.05) is 34.8 Å². The molecule has 0 bridgehead atoms. The quantitative estimate of drug-likeness (QED) is 0.677. The van der Waals surface area contributed by atoms with Gasteiger partial charge in [0.1, 0.15) is 5.75 Å². The molecule has 1 heterocycles. The number of rotatable bonds is 6. The van der Waals surface area contributed by atoms with Crippen molar-refractivity contribution in [2.24, 2.45) is 0 Å². The summed E-state index contributed by atoms with van der Waals surface area (Å²) in [6, 6.07) is 10.4. The van der Waals surface area contributed by atoms with Crippen LogP contribution in [0, 0.1) is 6.92 Å². The number of carboxylic acids is 1. The highest BCUT2D eigenvalue weighted by atomic mass is 32.2. The summed E-state index contributed by atoms with van der Waals surface area (Å²) < 4.78 is 28.8. The Hall–Kier alpha value is -2.80. The molecule has 6 nitrogen and oxygen atoms in total. The van der Waals surface area contributed by atoms with Crippen LogP contribution in [0.4, 0.5) is 0 Å². The van der Waals surface area contributed by atoms with Gasteiger partial charge in [0.25, 0.3) is 0 Å². The van der Waals surface area contributed by atoms with Gasteiger partial charge in [-0.3, -0.25) is 4.79 Å². The molecule has 0 atom stereocenters. The summed E-state index contributed by atoms with van der Waals surface area (Å²) >= 11 is 0. The number of methoxy groups -OCH3 is 1. The normalized spacial score (nSPS) is 11.7. The summed E-state index contributed by atoms with van der Waals surface area (Å²) in [5.41, 5.74) is 4.19. The lowest BCUT2D eigenvalue weighted by Gasteiger charge is -2.12. The van der Waals surface area contributed by atoms with Gasteiger partial charge >= 0.3 is 5.97 Å². The predicted octanol–water partition coefficient (Wildman–Crippen LogP) is 3.11. The van der Waals surface area contributed by atoms with E-state index in [0.717, 1.165) is 33.3 Å². The van der Waals surface area contributed by atoms with Crippen molar-refractivity contribution in [2.75, 3.05) is 13.4 Å². The highest BCUT2D eigenvalue weighted by Crippen LogP contribution is 2.34. The average molecular weight is 387 g/mol. The lowest BCUT2D eigenvalue weighted by atomic mass is 9.96. The molecule has 0 unspecified atom stereocenters. The molecule has 2 aromatic carbocycles. The van der Waals surface area contributed by atoms with Crippen LogP contribution >= 0.6 is 0 Å². The van der Waals surface area contributed by atoms with E-state index in [4.69, 9.17) is 4.74 Å². The third-order valence-electron chi connectivity index (χ3n) is 4.63. The number of sulfone groups is 1.